The summed E-state index contributed by atoms with van der Waals surface area (Å²) in [5, 5.41) is 12.5. The fourth-order valence-corrected chi connectivity index (χ4v) is 3.46. The Labute approximate surface area is 166 Å². The molecule has 0 atom stereocenters. The Morgan fingerprint density at radius 3 is 2.52 bits per heavy atom. The van der Waals surface area contributed by atoms with Gasteiger partial charge < -0.3 is 10.6 Å². The largest absolute Gasteiger partial charge is 0.369 e. The summed E-state index contributed by atoms with van der Waals surface area (Å²) in [5.74, 6) is 1.09. The van der Waals surface area contributed by atoms with Crippen molar-refractivity contribution in [1.29, 1.82) is 0 Å². The molecule has 0 aliphatic rings. The highest BCUT2D eigenvalue weighted by Gasteiger charge is 2.17. The van der Waals surface area contributed by atoms with Gasteiger partial charge in [0.2, 0.25) is 5.91 Å². The molecule has 8 heteroatoms. The predicted octanol–water partition coefficient (Wildman–Crippen LogP) is 3.70. The zero-order chi connectivity index (χ0) is 19.6. The SMILES string of the molecule is CCCNc1nc(SC)nc2c1cnn2CCNC(=O)C(CCC)CCC. The van der Waals surface area contributed by atoms with E-state index in [1.54, 1.807) is 6.20 Å². The van der Waals surface area contributed by atoms with Gasteiger partial charge in [-0.2, -0.15) is 5.10 Å². The number of aromatic nitrogens is 4. The van der Waals surface area contributed by atoms with Crippen molar-refractivity contribution in [3.63, 3.8) is 0 Å². The molecular weight excluding hydrogens is 360 g/mol. The summed E-state index contributed by atoms with van der Waals surface area (Å²) >= 11 is 1.51. The van der Waals surface area contributed by atoms with Crippen LogP contribution in [0.3, 0.4) is 0 Å². The van der Waals surface area contributed by atoms with Crippen molar-refractivity contribution < 1.29 is 4.79 Å². The van der Waals surface area contributed by atoms with Gasteiger partial charge in [0.1, 0.15) is 5.82 Å². The molecule has 0 unspecified atom stereocenters. The summed E-state index contributed by atoms with van der Waals surface area (Å²) in [4.78, 5) is 21.6. The molecule has 2 aromatic heterocycles. The summed E-state index contributed by atoms with van der Waals surface area (Å²) in [6.45, 7) is 8.38. The molecule has 0 aliphatic heterocycles. The lowest BCUT2D eigenvalue weighted by Crippen LogP contribution is -2.33. The molecule has 0 bridgehead atoms. The Balaban J connectivity index is 2.07. The van der Waals surface area contributed by atoms with Crippen LogP contribution in [0.2, 0.25) is 0 Å². The number of carbonyl (C=O) groups excluding carboxylic acids is 1. The van der Waals surface area contributed by atoms with Gasteiger partial charge in [0.25, 0.3) is 0 Å². The van der Waals surface area contributed by atoms with Gasteiger partial charge in [-0.3, -0.25) is 4.79 Å². The van der Waals surface area contributed by atoms with Gasteiger partial charge in [0.05, 0.1) is 18.1 Å². The van der Waals surface area contributed by atoms with Crippen LogP contribution in [0, 0.1) is 5.92 Å². The van der Waals surface area contributed by atoms with Gasteiger partial charge in [-0.05, 0) is 25.5 Å². The van der Waals surface area contributed by atoms with E-state index in [4.69, 9.17) is 0 Å². The first kappa shape index (κ1) is 21.5. The number of thioether (sulfide) groups is 1. The van der Waals surface area contributed by atoms with E-state index in [-0.39, 0.29) is 11.8 Å². The minimum absolute atomic E-state index is 0.115. The van der Waals surface area contributed by atoms with Crippen molar-refractivity contribution in [1.82, 2.24) is 25.1 Å². The van der Waals surface area contributed by atoms with E-state index in [2.05, 4.69) is 46.5 Å². The van der Waals surface area contributed by atoms with Crippen molar-refractivity contribution in [3.05, 3.63) is 6.20 Å². The Kier molecular flexibility index (Phi) is 8.84. The molecule has 0 radical (unpaired) electrons. The van der Waals surface area contributed by atoms with Crippen LogP contribution >= 0.6 is 11.8 Å². The number of fused-ring (bicyclic) bond motifs is 1. The van der Waals surface area contributed by atoms with Crippen molar-refractivity contribution in [3.8, 4) is 0 Å². The van der Waals surface area contributed by atoms with Crippen LogP contribution in [0.4, 0.5) is 5.82 Å². The molecule has 27 heavy (non-hydrogen) atoms. The van der Waals surface area contributed by atoms with Crippen LogP contribution in [-0.4, -0.2) is 45.0 Å². The number of hydrogen-bond donors (Lipinski definition) is 2. The van der Waals surface area contributed by atoms with Gasteiger partial charge in [-0.25, -0.2) is 14.6 Å². The number of nitrogens with one attached hydrogen (secondary N) is 2. The monoisotopic (exact) mass is 392 g/mol. The number of anilines is 1. The maximum atomic E-state index is 12.4. The van der Waals surface area contributed by atoms with Crippen LogP contribution in [0.1, 0.15) is 52.9 Å². The molecule has 2 rings (SSSR count). The quantitative estimate of drug-likeness (QED) is 0.423. The van der Waals surface area contributed by atoms with Crippen LogP contribution < -0.4 is 10.6 Å². The van der Waals surface area contributed by atoms with E-state index in [0.29, 0.717) is 13.1 Å². The number of hydrogen-bond acceptors (Lipinski definition) is 6. The molecule has 150 valence electrons. The second kappa shape index (κ2) is 11.1. The maximum Gasteiger partial charge on any atom is 0.223 e. The van der Waals surface area contributed by atoms with Gasteiger partial charge in [-0.1, -0.05) is 45.4 Å². The Bertz CT molecular complexity index is 726. The average molecular weight is 393 g/mol. The van der Waals surface area contributed by atoms with E-state index in [1.165, 1.54) is 11.8 Å². The smallest absolute Gasteiger partial charge is 0.223 e. The molecule has 1 amide bonds. The molecule has 2 aromatic rings. The minimum atomic E-state index is 0.115. The second-order valence-electron chi connectivity index (χ2n) is 6.66. The Hall–Kier alpha value is -1.83. The molecule has 0 spiro atoms. The standard InChI is InChI=1S/C19H32N6OS/c1-5-8-14(9-6-2)18(26)21-11-12-25-17-15(13-22-25)16(20-10-7-3)23-19(24-17)27-4/h13-14H,5-12H2,1-4H3,(H,21,26)(H,20,23,24). The summed E-state index contributed by atoms with van der Waals surface area (Å²) < 4.78 is 1.85. The summed E-state index contributed by atoms with van der Waals surface area (Å²) in [6, 6.07) is 0. The van der Waals surface area contributed by atoms with Gasteiger partial charge in [-0.15, -0.1) is 0 Å². The van der Waals surface area contributed by atoms with Crippen molar-refractivity contribution >= 4 is 34.5 Å². The molecule has 7 nitrogen and oxygen atoms in total. The number of rotatable bonds is 12. The van der Waals surface area contributed by atoms with Crippen LogP contribution in [0.15, 0.2) is 11.4 Å². The summed E-state index contributed by atoms with van der Waals surface area (Å²) in [6.07, 6.45) is 8.75. The molecular formula is C19H32N6OS. The first-order valence-electron chi connectivity index (χ1n) is 9.93. The van der Waals surface area contributed by atoms with Crippen LogP contribution in [0.25, 0.3) is 11.0 Å². The average Bonchev–Trinajstić information content (AvgIpc) is 3.08. The molecule has 0 aliphatic carbocycles. The highest BCUT2D eigenvalue weighted by Crippen LogP contribution is 2.23. The third-order valence-electron chi connectivity index (χ3n) is 4.47. The molecule has 0 fully saturated rings. The summed E-state index contributed by atoms with van der Waals surface area (Å²) in [7, 11) is 0. The first-order valence-corrected chi connectivity index (χ1v) is 11.2. The van der Waals surface area contributed by atoms with Crippen molar-refractivity contribution in [2.45, 2.75) is 64.6 Å². The predicted molar refractivity (Wildman–Crippen MR) is 112 cm³/mol. The lowest BCUT2D eigenvalue weighted by atomic mass is 9.97. The zero-order valence-corrected chi connectivity index (χ0v) is 17.7. The molecule has 2 heterocycles. The molecule has 2 N–H and O–H groups in total. The van der Waals surface area contributed by atoms with Crippen molar-refractivity contribution in [2.24, 2.45) is 5.92 Å². The maximum absolute atomic E-state index is 12.4. The van der Waals surface area contributed by atoms with E-state index in [1.807, 2.05) is 10.9 Å². The minimum Gasteiger partial charge on any atom is -0.369 e. The molecule has 0 saturated carbocycles. The highest BCUT2D eigenvalue weighted by molar-refractivity contribution is 7.98. The van der Waals surface area contributed by atoms with Gasteiger partial charge in [0.15, 0.2) is 10.8 Å². The molecule has 0 aromatic carbocycles. The number of amides is 1. The molecule has 0 saturated heterocycles. The van der Waals surface area contributed by atoms with Gasteiger partial charge >= 0.3 is 0 Å². The zero-order valence-electron chi connectivity index (χ0n) is 16.9. The Morgan fingerprint density at radius 2 is 1.89 bits per heavy atom. The fourth-order valence-electron chi connectivity index (χ4n) is 3.10. The van der Waals surface area contributed by atoms with Crippen LogP contribution in [0.5, 0.6) is 0 Å². The van der Waals surface area contributed by atoms with Crippen molar-refractivity contribution in [2.75, 3.05) is 24.7 Å². The van der Waals surface area contributed by atoms with E-state index in [0.717, 1.165) is 60.7 Å². The normalized spacial score (nSPS) is 11.3. The number of nitrogens with zero attached hydrogens (tertiary/aromatic N) is 4. The fraction of sp³-hybridized carbons (Fsp3) is 0.684. The lowest BCUT2D eigenvalue weighted by Gasteiger charge is -2.15. The van der Waals surface area contributed by atoms with E-state index >= 15 is 0 Å². The third-order valence-corrected chi connectivity index (χ3v) is 5.02. The van der Waals surface area contributed by atoms with Gasteiger partial charge in [0, 0.05) is 19.0 Å². The Morgan fingerprint density at radius 1 is 1.15 bits per heavy atom. The van der Waals surface area contributed by atoms with Crippen LogP contribution in [-0.2, 0) is 11.3 Å². The first-order chi connectivity index (χ1) is 13.1. The third kappa shape index (κ3) is 5.82. The summed E-state index contributed by atoms with van der Waals surface area (Å²) in [5.41, 5.74) is 0.806. The second-order valence-corrected chi connectivity index (χ2v) is 7.43. The lowest BCUT2D eigenvalue weighted by molar-refractivity contribution is -0.125. The number of carbonyl (C=O) groups is 1. The highest BCUT2D eigenvalue weighted by atomic mass is 32.2. The van der Waals surface area contributed by atoms with E-state index in [9.17, 15) is 4.79 Å². The van der Waals surface area contributed by atoms with E-state index < -0.39 is 0 Å². The topological polar surface area (TPSA) is 84.7 Å².